The van der Waals surface area contributed by atoms with E-state index < -0.39 is 15.8 Å². The zero-order valence-electron chi connectivity index (χ0n) is 10.5. The van der Waals surface area contributed by atoms with Gasteiger partial charge in [-0.1, -0.05) is 11.6 Å². The molecule has 1 heterocycles. The Labute approximate surface area is 121 Å². The predicted molar refractivity (Wildman–Crippen MR) is 73.4 cm³/mol. The molecular weight excluding hydrogens is 305 g/mol. The maximum Gasteiger partial charge on any atom is 0.240 e. The topological polar surface area (TPSA) is 64.0 Å². The molecular formula is C12H13ClFN3O2S. The smallest absolute Gasteiger partial charge is 0.240 e. The summed E-state index contributed by atoms with van der Waals surface area (Å²) < 4.78 is 41.0. The Hall–Kier alpha value is -1.44. The SMILES string of the molecule is O=S(=O)(NCCCn1cccn1)c1ccc(F)c(Cl)c1. The van der Waals surface area contributed by atoms with Gasteiger partial charge in [-0.3, -0.25) is 4.68 Å². The second kappa shape index (κ2) is 6.34. The van der Waals surface area contributed by atoms with E-state index in [1.54, 1.807) is 23.1 Å². The van der Waals surface area contributed by atoms with Crippen molar-refractivity contribution in [3.63, 3.8) is 0 Å². The Morgan fingerprint density at radius 1 is 1.40 bits per heavy atom. The van der Waals surface area contributed by atoms with Crippen LogP contribution in [-0.4, -0.2) is 24.7 Å². The van der Waals surface area contributed by atoms with Crippen molar-refractivity contribution in [2.24, 2.45) is 0 Å². The lowest BCUT2D eigenvalue weighted by Gasteiger charge is -2.07. The van der Waals surface area contributed by atoms with Gasteiger partial charge in [-0.15, -0.1) is 0 Å². The molecule has 1 aromatic carbocycles. The van der Waals surface area contributed by atoms with E-state index in [9.17, 15) is 12.8 Å². The number of aryl methyl sites for hydroxylation is 1. The predicted octanol–water partition coefficient (Wildman–Crippen LogP) is 2.04. The van der Waals surface area contributed by atoms with Crippen LogP contribution in [0.2, 0.25) is 5.02 Å². The number of halogens is 2. The molecule has 0 radical (unpaired) electrons. The van der Waals surface area contributed by atoms with Gasteiger partial charge >= 0.3 is 0 Å². The first-order valence-electron chi connectivity index (χ1n) is 5.91. The monoisotopic (exact) mass is 317 g/mol. The first-order valence-corrected chi connectivity index (χ1v) is 7.77. The minimum absolute atomic E-state index is 0.0528. The highest BCUT2D eigenvalue weighted by molar-refractivity contribution is 7.89. The molecule has 0 unspecified atom stereocenters. The molecule has 5 nitrogen and oxygen atoms in total. The molecule has 0 spiro atoms. The summed E-state index contributed by atoms with van der Waals surface area (Å²) >= 11 is 5.57. The summed E-state index contributed by atoms with van der Waals surface area (Å²) in [7, 11) is -3.67. The number of nitrogens with one attached hydrogen (secondary N) is 1. The number of nitrogens with zero attached hydrogens (tertiary/aromatic N) is 2. The lowest BCUT2D eigenvalue weighted by atomic mass is 10.3. The number of hydrogen-bond acceptors (Lipinski definition) is 3. The standard InChI is InChI=1S/C12H13ClFN3O2S/c13-11-9-10(3-4-12(11)14)20(18,19)16-6-2-8-17-7-1-5-15-17/h1,3-5,7,9,16H,2,6,8H2. The fourth-order valence-electron chi connectivity index (χ4n) is 1.61. The second-order valence-corrected chi connectivity index (χ2v) is 6.27. The van der Waals surface area contributed by atoms with Crippen molar-refractivity contribution < 1.29 is 12.8 Å². The zero-order chi connectivity index (χ0) is 14.6. The van der Waals surface area contributed by atoms with Crippen molar-refractivity contribution in [2.75, 3.05) is 6.54 Å². The summed E-state index contributed by atoms with van der Waals surface area (Å²) in [5, 5.41) is 3.79. The molecule has 0 aliphatic heterocycles. The van der Waals surface area contributed by atoms with Crippen LogP contribution in [0.5, 0.6) is 0 Å². The van der Waals surface area contributed by atoms with Gasteiger partial charge in [0.05, 0.1) is 9.92 Å². The molecule has 0 aliphatic rings. The lowest BCUT2D eigenvalue weighted by Crippen LogP contribution is -2.25. The first kappa shape index (κ1) is 15.0. The highest BCUT2D eigenvalue weighted by Crippen LogP contribution is 2.19. The molecule has 0 saturated carbocycles. The molecule has 0 amide bonds. The van der Waals surface area contributed by atoms with Gasteiger partial charge in [0.15, 0.2) is 0 Å². The van der Waals surface area contributed by atoms with Crippen molar-refractivity contribution >= 4 is 21.6 Å². The minimum Gasteiger partial charge on any atom is -0.273 e. The number of hydrogen-bond donors (Lipinski definition) is 1. The van der Waals surface area contributed by atoms with Crippen LogP contribution < -0.4 is 4.72 Å². The van der Waals surface area contributed by atoms with E-state index in [0.717, 1.165) is 12.1 Å². The normalized spacial score (nSPS) is 11.7. The molecule has 0 saturated heterocycles. The van der Waals surface area contributed by atoms with Gasteiger partial charge in [-0.05, 0) is 30.7 Å². The second-order valence-electron chi connectivity index (χ2n) is 4.10. The molecule has 0 bridgehead atoms. The van der Waals surface area contributed by atoms with Crippen LogP contribution in [0.1, 0.15) is 6.42 Å². The Morgan fingerprint density at radius 2 is 2.20 bits per heavy atom. The van der Waals surface area contributed by atoms with Gasteiger partial charge in [0, 0.05) is 25.5 Å². The van der Waals surface area contributed by atoms with E-state index in [4.69, 9.17) is 11.6 Å². The van der Waals surface area contributed by atoms with Gasteiger partial charge in [0.2, 0.25) is 10.0 Å². The molecule has 0 aliphatic carbocycles. The molecule has 2 aromatic rings. The average Bonchev–Trinajstić information content (AvgIpc) is 2.91. The summed E-state index contributed by atoms with van der Waals surface area (Å²) in [6.45, 7) is 0.872. The molecule has 108 valence electrons. The van der Waals surface area contributed by atoms with E-state index in [1.165, 1.54) is 6.07 Å². The van der Waals surface area contributed by atoms with E-state index in [-0.39, 0.29) is 16.5 Å². The van der Waals surface area contributed by atoms with Crippen molar-refractivity contribution in [3.05, 3.63) is 47.5 Å². The summed E-state index contributed by atoms with van der Waals surface area (Å²) in [6.07, 6.45) is 4.05. The third-order valence-electron chi connectivity index (χ3n) is 2.62. The summed E-state index contributed by atoms with van der Waals surface area (Å²) in [4.78, 5) is -0.0528. The third-order valence-corrected chi connectivity index (χ3v) is 4.36. The first-order chi connectivity index (χ1) is 9.49. The number of sulfonamides is 1. The largest absolute Gasteiger partial charge is 0.273 e. The van der Waals surface area contributed by atoms with Crippen molar-refractivity contribution in [1.29, 1.82) is 0 Å². The van der Waals surface area contributed by atoms with Gasteiger partial charge in [0.25, 0.3) is 0 Å². The number of benzene rings is 1. The summed E-state index contributed by atoms with van der Waals surface area (Å²) in [5.74, 6) is -0.649. The zero-order valence-corrected chi connectivity index (χ0v) is 12.0. The Balaban J connectivity index is 1.92. The van der Waals surface area contributed by atoms with E-state index in [1.807, 2.05) is 0 Å². The molecule has 0 fully saturated rings. The fraction of sp³-hybridized carbons (Fsp3) is 0.250. The molecule has 1 N–H and O–H groups in total. The Bertz CT molecular complexity index is 674. The molecule has 2 rings (SSSR count). The lowest BCUT2D eigenvalue weighted by molar-refractivity contribution is 0.552. The number of aromatic nitrogens is 2. The maximum atomic E-state index is 13.0. The van der Waals surface area contributed by atoms with Crippen LogP contribution in [0.4, 0.5) is 4.39 Å². The van der Waals surface area contributed by atoms with Gasteiger partial charge < -0.3 is 0 Å². The molecule has 1 aromatic heterocycles. The van der Waals surface area contributed by atoms with Crippen LogP contribution in [-0.2, 0) is 16.6 Å². The van der Waals surface area contributed by atoms with Crippen LogP contribution >= 0.6 is 11.6 Å². The summed E-state index contributed by atoms with van der Waals surface area (Å²) in [6, 6.07) is 5.09. The van der Waals surface area contributed by atoms with Gasteiger partial charge in [0.1, 0.15) is 5.82 Å². The van der Waals surface area contributed by atoms with Crippen LogP contribution in [0.3, 0.4) is 0 Å². The van der Waals surface area contributed by atoms with Crippen molar-refractivity contribution in [3.8, 4) is 0 Å². The fourth-order valence-corrected chi connectivity index (χ4v) is 2.95. The third kappa shape index (κ3) is 3.78. The van der Waals surface area contributed by atoms with Gasteiger partial charge in [-0.25, -0.2) is 17.5 Å². The van der Waals surface area contributed by atoms with Crippen LogP contribution in [0, 0.1) is 5.82 Å². The minimum atomic E-state index is -3.67. The number of rotatable bonds is 6. The average molecular weight is 318 g/mol. The summed E-state index contributed by atoms with van der Waals surface area (Å²) in [5.41, 5.74) is 0. The van der Waals surface area contributed by atoms with Crippen LogP contribution in [0.25, 0.3) is 0 Å². The van der Waals surface area contributed by atoms with E-state index in [0.29, 0.717) is 13.0 Å². The quantitative estimate of drug-likeness (QED) is 0.829. The van der Waals surface area contributed by atoms with Gasteiger partial charge in [-0.2, -0.15) is 5.10 Å². The Kier molecular flexibility index (Phi) is 4.74. The highest BCUT2D eigenvalue weighted by atomic mass is 35.5. The van der Waals surface area contributed by atoms with E-state index in [2.05, 4.69) is 9.82 Å². The van der Waals surface area contributed by atoms with Crippen molar-refractivity contribution in [2.45, 2.75) is 17.9 Å². The van der Waals surface area contributed by atoms with Crippen molar-refractivity contribution in [1.82, 2.24) is 14.5 Å². The van der Waals surface area contributed by atoms with E-state index >= 15 is 0 Å². The Morgan fingerprint density at radius 3 is 2.85 bits per heavy atom. The van der Waals surface area contributed by atoms with Crippen LogP contribution in [0.15, 0.2) is 41.6 Å². The highest BCUT2D eigenvalue weighted by Gasteiger charge is 2.15. The molecule has 0 atom stereocenters. The maximum absolute atomic E-state index is 13.0. The molecule has 20 heavy (non-hydrogen) atoms. The molecule has 8 heteroatoms.